The molecule has 0 aromatic carbocycles. The minimum atomic E-state index is 0.394. The third kappa shape index (κ3) is 2.48. The Labute approximate surface area is 96.1 Å². The molecule has 1 aliphatic rings. The van der Waals surface area contributed by atoms with E-state index in [1.165, 1.54) is 0 Å². The highest BCUT2D eigenvalue weighted by atomic mass is 15.3. The number of nitrogens with zero attached hydrogens (tertiary/aromatic N) is 3. The molecule has 1 saturated heterocycles. The van der Waals surface area contributed by atoms with Crippen molar-refractivity contribution in [1.29, 1.82) is 0 Å². The van der Waals surface area contributed by atoms with Crippen molar-refractivity contribution in [1.82, 2.24) is 15.3 Å². The van der Waals surface area contributed by atoms with Crippen molar-refractivity contribution in [3.05, 3.63) is 18.1 Å². The van der Waals surface area contributed by atoms with Gasteiger partial charge in [0.15, 0.2) is 0 Å². The van der Waals surface area contributed by atoms with Gasteiger partial charge < -0.3 is 16.0 Å². The summed E-state index contributed by atoms with van der Waals surface area (Å²) in [6, 6.07) is 2.92. The molecule has 0 amide bonds. The fourth-order valence-electron chi connectivity index (χ4n) is 2.18. The van der Waals surface area contributed by atoms with Crippen molar-refractivity contribution in [2.75, 3.05) is 18.0 Å². The summed E-state index contributed by atoms with van der Waals surface area (Å²) >= 11 is 0. The fourth-order valence-corrected chi connectivity index (χ4v) is 2.18. The third-order valence-corrected chi connectivity index (χ3v) is 2.75. The number of aromatic nitrogens is 2. The second kappa shape index (κ2) is 4.76. The Hall–Kier alpha value is -1.20. The zero-order chi connectivity index (χ0) is 11.5. The van der Waals surface area contributed by atoms with Gasteiger partial charge in [0.25, 0.3) is 0 Å². The molecule has 0 unspecified atom stereocenters. The van der Waals surface area contributed by atoms with Gasteiger partial charge in [0, 0.05) is 31.4 Å². The van der Waals surface area contributed by atoms with Crippen molar-refractivity contribution in [3.63, 3.8) is 0 Å². The molecule has 2 atom stereocenters. The van der Waals surface area contributed by atoms with E-state index in [1.54, 1.807) is 6.20 Å². The molecular weight excluding hydrogens is 202 g/mol. The lowest BCUT2D eigenvalue weighted by Crippen LogP contribution is -2.54. The van der Waals surface area contributed by atoms with Crippen molar-refractivity contribution >= 4 is 5.82 Å². The first kappa shape index (κ1) is 11.3. The summed E-state index contributed by atoms with van der Waals surface area (Å²) in [5.74, 6) is 1.69. The van der Waals surface area contributed by atoms with E-state index in [1.807, 2.05) is 6.07 Å². The number of rotatable bonds is 2. The van der Waals surface area contributed by atoms with E-state index in [2.05, 4.69) is 34.0 Å². The molecule has 5 nitrogen and oxygen atoms in total. The number of piperazine rings is 1. The van der Waals surface area contributed by atoms with Gasteiger partial charge in [0.2, 0.25) is 0 Å². The Bertz CT molecular complexity index is 344. The van der Waals surface area contributed by atoms with Crippen LogP contribution in [0.5, 0.6) is 0 Å². The molecule has 2 heterocycles. The van der Waals surface area contributed by atoms with Crippen LogP contribution in [0.2, 0.25) is 0 Å². The lowest BCUT2D eigenvalue weighted by atomic mass is 10.1. The van der Waals surface area contributed by atoms with Crippen molar-refractivity contribution in [2.45, 2.75) is 32.5 Å². The van der Waals surface area contributed by atoms with E-state index in [9.17, 15) is 0 Å². The maximum Gasteiger partial charge on any atom is 0.144 e. The number of hydrogen-bond acceptors (Lipinski definition) is 5. The van der Waals surface area contributed by atoms with Gasteiger partial charge in [-0.05, 0) is 19.9 Å². The van der Waals surface area contributed by atoms with Gasteiger partial charge in [-0.2, -0.15) is 0 Å². The Morgan fingerprint density at radius 2 is 2.12 bits per heavy atom. The van der Waals surface area contributed by atoms with Crippen LogP contribution in [0.3, 0.4) is 0 Å². The maximum atomic E-state index is 5.55. The highest BCUT2D eigenvalue weighted by Gasteiger charge is 2.21. The van der Waals surface area contributed by atoms with Crippen LogP contribution in [0.25, 0.3) is 0 Å². The molecule has 2 rings (SSSR count). The molecule has 0 radical (unpaired) electrons. The first-order valence-corrected chi connectivity index (χ1v) is 5.72. The molecule has 1 aliphatic heterocycles. The number of hydrogen-bond donors (Lipinski definition) is 2. The summed E-state index contributed by atoms with van der Waals surface area (Å²) in [5.41, 5.74) is 5.55. The van der Waals surface area contributed by atoms with Crippen LogP contribution in [0.1, 0.15) is 19.7 Å². The molecule has 1 fully saturated rings. The molecule has 0 bridgehead atoms. The van der Waals surface area contributed by atoms with E-state index in [-0.39, 0.29) is 0 Å². The van der Waals surface area contributed by atoms with Crippen LogP contribution >= 0.6 is 0 Å². The summed E-state index contributed by atoms with van der Waals surface area (Å²) < 4.78 is 0. The highest BCUT2D eigenvalue weighted by Crippen LogP contribution is 2.14. The van der Waals surface area contributed by atoms with Crippen molar-refractivity contribution < 1.29 is 0 Å². The predicted octanol–water partition coefficient (Wildman–Crippen LogP) is 0.122. The molecule has 88 valence electrons. The average Bonchev–Trinajstić information content (AvgIpc) is 2.28. The Balaban J connectivity index is 2.16. The zero-order valence-electron chi connectivity index (χ0n) is 9.85. The topological polar surface area (TPSA) is 67.1 Å². The zero-order valence-corrected chi connectivity index (χ0v) is 9.85. The van der Waals surface area contributed by atoms with Gasteiger partial charge in [-0.1, -0.05) is 0 Å². The van der Waals surface area contributed by atoms with Gasteiger partial charge >= 0.3 is 0 Å². The normalized spacial score (nSPS) is 25.8. The van der Waals surface area contributed by atoms with Gasteiger partial charge in [-0.3, -0.25) is 0 Å². The smallest absolute Gasteiger partial charge is 0.144 e. The molecular formula is C11H19N5. The lowest BCUT2D eigenvalue weighted by molar-refractivity contribution is 0.405. The molecule has 0 spiro atoms. The number of nitrogens with two attached hydrogens (primary N) is 1. The summed E-state index contributed by atoms with van der Waals surface area (Å²) in [6.07, 6.45) is 1.78. The highest BCUT2D eigenvalue weighted by molar-refractivity contribution is 5.38. The summed E-state index contributed by atoms with van der Waals surface area (Å²) in [7, 11) is 0. The molecule has 3 N–H and O–H groups in total. The van der Waals surface area contributed by atoms with E-state index < -0.39 is 0 Å². The van der Waals surface area contributed by atoms with Crippen LogP contribution in [-0.2, 0) is 6.54 Å². The molecule has 0 aliphatic carbocycles. The van der Waals surface area contributed by atoms with Crippen LogP contribution in [-0.4, -0.2) is 35.1 Å². The summed E-state index contributed by atoms with van der Waals surface area (Å²) in [6.45, 7) is 6.73. The summed E-state index contributed by atoms with van der Waals surface area (Å²) in [4.78, 5) is 10.8. The van der Waals surface area contributed by atoms with Crippen molar-refractivity contribution in [3.8, 4) is 0 Å². The van der Waals surface area contributed by atoms with Gasteiger partial charge in [-0.25, -0.2) is 9.97 Å². The second-order valence-electron chi connectivity index (χ2n) is 4.41. The molecule has 1 aromatic rings. The van der Waals surface area contributed by atoms with E-state index in [0.29, 0.717) is 24.5 Å². The van der Waals surface area contributed by atoms with E-state index in [0.717, 1.165) is 18.9 Å². The van der Waals surface area contributed by atoms with Crippen molar-refractivity contribution in [2.24, 2.45) is 5.73 Å². The van der Waals surface area contributed by atoms with Crippen LogP contribution in [0.4, 0.5) is 5.82 Å². The van der Waals surface area contributed by atoms with Crippen LogP contribution < -0.4 is 16.0 Å². The first-order valence-electron chi connectivity index (χ1n) is 5.72. The van der Waals surface area contributed by atoms with Gasteiger partial charge in [0.1, 0.15) is 11.6 Å². The average molecular weight is 221 g/mol. The number of nitrogens with one attached hydrogen (secondary N) is 1. The first-order chi connectivity index (χ1) is 7.69. The second-order valence-corrected chi connectivity index (χ2v) is 4.41. The lowest BCUT2D eigenvalue weighted by Gasteiger charge is -2.36. The Morgan fingerprint density at radius 3 is 2.75 bits per heavy atom. The molecule has 1 aromatic heterocycles. The molecule has 0 saturated carbocycles. The largest absolute Gasteiger partial charge is 0.353 e. The minimum Gasteiger partial charge on any atom is -0.353 e. The Morgan fingerprint density at radius 1 is 1.44 bits per heavy atom. The van der Waals surface area contributed by atoms with E-state index in [4.69, 9.17) is 5.73 Å². The SMILES string of the molecule is C[C@@H]1CN(c2ccnc(CN)n2)C[C@H](C)N1. The van der Waals surface area contributed by atoms with Crippen LogP contribution in [0.15, 0.2) is 12.3 Å². The van der Waals surface area contributed by atoms with Gasteiger partial charge in [0.05, 0.1) is 6.54 Å². The maximum absolute atomic E-state index is 5.55. The predicted molar refractivity (Wildman–Crippen MR) is 64.2 cm³/mol. The fraction of sp³-hybridized carbons (Fsp3) is 0.636. The van der Waals surface area contributed by atoms with Crippen LogP contribution in [0, 0.1) is 0 Å². The van der Waals surface area contributed by atoms with Gasteiger partial charge in [-0.15, -0.1) is 0 Å². The van der Waals surface area contributed by atoms with E-state index >= 15 is 0 Å². The molecule has 16 heavy (non-hydrogen) atoms. The standard InChI is InChI=1S/C11H19N5/c1-8-6-16(7-9(2)14-8)11-3-4-13-10(5-12)15-11/h3-4,8-9,14H,5-7,12H2,1-2H3/t8-,9+. The third-order valence-electron chi connectivity index (χ3n) is 2.75. The molecule has 5 heteroatoms. The quantitative estimate of drug-likeness (QED) is 0.742. The minimum absolute atomic E-state index is 0.394. The summed E-state index contributed by atoms with van der Waals surface area (Å²) in [5, 5.41) is 3.50. The monoisotopic (exact) mass is 221 g/mol. The number of anilines is 1. The Kier molecular flexibility index (Phi) is 3.36.